The monoisotopic (exact) mass is 512 g/mol. The van der Waals surface area contributed by atoms with Gasteiger partial charge in [0, 0.05) is 23.3 Å². The summed E-state index contributed by atoms with van der Waals surface area (Å²) in [6.45, 7) is 0. The van der Waals surface area contributed by atoms with Crippen molar-refractivity contribution in [2.24, 2.45) is 0 Å². The molecule has 0 aliphatic heterocycles. The van der Waals surface area contributed by atoms with E-state index in [1.54, 1.807) is 0 Å². The molecule has 36 heavy (non-hydrogen) atoms. The highest BCUT2D eigenvalue weighted by atomic mass is 19.4. The van der Waals surface area contributed by atoms with E-state index in [9.17, 15) is 32.9 Å². The predicted molar refractivity (Wildman–Crippen MR) is 117 cm³/mol. The van der Waals surface area contributed by atoms with Crippen LogP contribution < -0.4 is 24.4 Å². The van der Waals surface area contributed by atoms with E-state index in [1.165, 1.54) is 38.9 Å². The summed E-state index contributed by atoms with van der Waals surface area (Å²) in [6.07, 6.45) is -2.68. The lowest BCUT2D eigenvalue weighted by molar-refractivity contribution is -0.415. The van der Waals surface area contributed by atoms with E-state index in [-0.39, 0.29) is 33.9 Å². The van der Waals surface area contributed by atoms with Gasteiger partial charge in [-0.25, -0.2) is 5.48 Å². The zero-order valence-electron chi connectivity index (χ0n) is 18.9. The third-order valence-electron chi connectivity index (χ3n) is 4.44. The van der Waals surface area contributed by atoms with E-state index in [4.69, 9.17) is 19.4 Å². The Morgan fingerprint density at radius 3 is 2.11 bits per heavy atom. The average molecular weight is 512 g/mol. The Bertz CT molecular complexity index is 1200. The molecule has 0 aromatic heterocycles. The van der Waals surface area contributed by atoms with Gasteiger partial charge >= 0.3 is 12.1 Å². The van der Waals surface area contributed by atoms with E-state index >= 15 is 0 Å². The zero-order chi connectivity index (χ0) is 27.0. The van der Waals surface area contributed by atoms with Crippen molar-refractivity contribution >= 4 is 23.8 Å². The highest BCUT2D eigenvalue weighted by molar-refractivity contribution is 6.10. The maximum Gasteiger partial charge on any atom is 0.573 e. The van der Waals surface area contributed by atoms with Crippen LogP contribution in [0.2, 0.25) is 0 Å². The fourth-order valence-electron chi connectivity index (χ4n) is 2.93. The van der Waals surface area contributed by atoms with Crippen LogP contribution in [0.15, 0.2) is 42.1 Å². The largest absolute Gasteiger partial charge is 0.573 e. The molecule has 2 rings (SSSR count). The third kappa shape index (κ3) is 6.96. The molecule has 11 nitrogen and oxygen atoms in total. The highest BCUT2D eigenvalue weighted by Gasteiger charge is 2.32. The van der Waals surface area contributed by atoms with Gasteiger partial charge in [-0.3, -0.25) is 24.9 Å². The fourth-order valence-corrected chi connectivity index (χ4v) is 2.93. The highest BCUT2D eigenvalue weighted by Crippen LogP contribution is 2.39. The number of hydrogen-bond donors (Lipinski definition) is 2. The Kier molecular flexibility index (Phi) is 8.99. The minimum Gasteiger partial charge on any atom is -0.493 e. The first-order valence-corrected chi connectivity index (χ1v) is 9.66. The number of nitro groups is 1. The van der Waals surface area contributed by atoms with E-state index in [0.29, 0.717) is 6.08 Å². The number of halogens is 3. The van der Waals surface area contributed by atoms with Crippen molar-refractivity contribution in [1.82, 2.24) is 5.48 Å². The second-order valence-electron chi connectivity index (χ2n) is 6.68. The van der Waals surface area contributed by atoms with Crippen LogP contribution >= 0.6 is 0 Å². The molecule has 0 aliphatic carbocycles. The standard InChI is InChI=1S/C22H19F3N2O9/c1-33-17-10-14(11-18(34-2)21(17)35-3)20(29)15(27(31)32)9-12-4-6-16(36-22(23,24)25)13(8-12)5-7-19(28)26-30/h4-11,30H,1-3H3,(H,26,28)/b7-5+,15-9?. The smallest absolute Gasteiger partial charge is 0.493 e. The molecule has 2 aromatic rings. The number of carbonyl (C=O) groups is 2. The molecule has 0 fully saturated rings. The number of hydrogen-bond acceptors (Lipinski definition) is 9. The number of ether oxygens (including phenoxy) is 4. The number of Topliss-reactive ketones (excluding diaryl/α,β-unsaturated/α-hetero) is 1. The van der Waals surface area contributed by atoms with Crippen molar-refractivity contribution in [1.29, 1.82) is 0 Å². The molecule has 0 saturated heterocycles. The maximum atomic E-state index is 13.0. The summed E-state index contributed by atoms with van der Waals surface area (Å²) in [5.41, 5.74) is -0.258. The number of rotatable bonds is 10. The Balaban J connectivity index is 2.60. The molecule has 0 heterocycles. The Labute approximate surface area is 201 Å². The van der Waals surface area contributed by atoms with Crippen molar-refractivity contribution in [2.75, 3.05) is 21.3 Å². The minimum absolute atomic E-state index is 0.0612. The lowest BCUT2D eigenvalue weighted by Crippen LogP contribution is -2.18. The third-order valence-corrected chi connectivity index (χ3v) is 4.44. The number of nitrogens with one attached hydrogen (secondary N) is 1. The van der Waals surface area contributed by atoms with Crippen molar-refractivity contribution in [3.8, 4) is 23.0 Å². The number of nitrogens with zero attached hydrogens (tertiary/aromatic N) is 1. The van der Waals surface area contributed by atoms with E-state index in [2.05, 4.69) is 4.74 Å². The molecule has 2 N–H and O–H groups in total. The molecule has 0 atom stereocenters. The van der Waals surface area contributed by atoms with Crippen LogP contribution in [0.5, 0.6) is 23.0 Å². The SMILES string of the molecule is COc1cc(C(=O)C(=Cc2ccc(OC(F)(F)F)c(/C=C/C(=O)NO)c2)[N+](=O)[O-])cc(OC)c1OC. The number of alkyl halides is 3. The predicted octanol–water partition coefficient (Wildman–Crippen LogP) is 3.63. The van der Waals surface area contributed by atoms with Crippen LogP contribution in [0, 0.1) is 10.1 Å². The number of carbonyl (C=O) groups excluding carboxylic acids is 2. The fraction of sp³-hybridized carbons (Fsp3) is 0.182. The van der Waals surface area contributed by atoms with Crippen molar-refractivity contribution in [3.05, 3.63) is 68.9 Å². The number of amides is 1. The molecule has 0 spiro atoms. The second-order valence-corrected chi connectivity index (χ2v) is 6.68. The molecule has 0 aliphatic rings. The molecule has 1 amide bonds. The molecular formula is C22H19F3N2O9. The second kappa shape index (κ2) is 11.7. The number of allylic oxidation sites excluding steroid dienone is 1. The summed E-state index contributed by atoms with van der Waals surface area (Å²) in [7, 11) is 3.89. The topological polar surface area (TPSA) is 146 Å². The summed E-state index contributed by atoms with van der Waals surface area (Å²) in [5.74, 6) is -2.59. The van der Waals surface area contributed by atoms with Gasteiger partial charge in [0.25, 0.3) is 11.7 Å². The summed E-state index contributed by atoms with van der Waals surface area (Å²) < 4.78 is 57.5. The summed E-state index contributed by atoms with van der Waals surface area (Å²) in [6, 6.07) is 5.29. The van der Waals surface area contributed by atoms with Gasteiger partial charge in [-0.1, -0.05) is 6.07 Å². The van der Waals surface area contributed by atoms with Gasteiger partial charge < -0.3 is 18.9 Å². The average Bonchev–Trinajstić information content (AvgIpc) is 2.84. The van der Waals surface area contributed by atoms with Crippen molar-refractivity contribution in [2.45, 2.75) is 6.36 Å². The van der Waals surface area contributed by atoms with Crippen LogP contribution in [0.3, 0.4) is 0 Å². The molecule has 14 heteroatoms. The Morgan fingerprint density at radius 1 is 1.03 bits per heavy atom. The number of benzene rings is 2. The van der Waals surface area contributed by atoms with Crippen LogP contribution in [0.1, 0.15) is 21.5 Å². The van der Waals surface area contributed by atoms with Crippen LogP contribution in [0.25, 0.3) is 12.2 Å². The van der Waals surface area contributed by atoms with E-state index < -0.39 is 34.4 Å². The van der Waals surface area contributed by atoms with Crippen LogP contribution in [-0.4, -0.2) is 49.5 Å². The van der Waals surface area contributed by atoms with Crippen LogP contribution in [0.4, 0.5) is 13.2 Å². The van der Waals surface area contributed by atoms with Gasteiger partial charge in [-0.05, 0) is 35.9 Å². The Hall–Kier alpha value is -4.59. The molecule has 0 saturated carbocycles. The summed E-state index contributed by atoms with van der Waals surface area (Å²) >= 11 is 0. The quantitative estimate of drug-likeness (QED) is 0.160. The maximum absolute atomic E-state index is 13.0. The van der Waals surface area contributed by atoms with Gasteiger partial charge in [-0.15, -0.1) is 13.2 Å². The first kappa shape index (κ1) is 27.7. The van der Waals surface area contributed by atoms with Gasteiger partial charge in [-0.2, -0.15) is 0 Å². The normalized spacial score (nSPS) is 11.7. The molecular weight excluding hydrogens is 493 g/mol. The molecule has 0 unspecified atom stereocenters. The molecule has 2 aromatic carbocycles. The van der Waals surface area contributed by atoms with Gasteiger partial charge in [0.15, 0.2) is 11.5 Å². The van der Waals surface area contributed by atoms with Crippen molar-refractivity contribution in [3.63, 3.8) is 0 Å². The minimum atomic E-state index is -5.08. The number of methoxy groups -OCH3 is 3. The van der Waals surface area contributed by atoms with Gasteiger partial charge in [0.2, 0.25) is 5.75 Å². The van der Waals surface area contributed by atoms with E-state index in [1.807, 2.05) is 0 Å². The van der Waals surface area contributed by atoms with Crippen molar-refractivity contribution < 1.29 is 51.8 Å². The zero-order valence-corrected chi connectivity index (χ0v) is 18.9. The van der Waals surface area contributed by atoms with Crippen LogP contribution in [-0.2, 0) is 4.79 Å². The first-order chi connectivity index (χ1) is 16.9. The Morgan fingerprint density at radius 2 is 1.64 bits per heavy atom. The lowest BCUT2D eigenvalue weighted by Gasteiger charge is -2.13. The first-order valence-electron chi connectivity index (χ1n) is 9.66. The van der Waals surface area contributed by atoms with Gasteiger partial charge in [0.1, 0.15) is 5.75 Å². The van der Waals surface area contributed by atoms with E-state index in [0.717, 1.165) is 30.4 Å². The number of hydroxylamine groups is 1. The van der Waals surface area contributed by atoms with Gasteiger partial charge in [0.05, 0.1) is 26.3 Å². The molecule has 192 valence electrons. The lowest BCUT2D eigenvalue weighted by atomic mass is 10.0. The molecule has 0 radical (unpaired) electrons. The summed E-state index contributed by atoms with van der Waals surface area (Å²) in [4.78, 5) is 35.0. The number of ketones is 1. The summed E-state index contributed by atoms with van der Waals surface area (Å²) in [5, 5.41) is 20.3. The molecule has 0 bridgehead atoms.